The molecule has 1 heterocycles. The number of amides is 2. The fourth-order valence-corrected chi connectivity index (χ4v) is 3.18. The number of aromatic nitrogens is 1. The summed E-state index contributed by atoms with van der Waals surface area (Å²) < 4.78 is 13.0. The molecule has 0 spiro atoms. The maximum Gasteiger partial charge on any atom is 0.326 e. The maximum absolute atomic E-state index is 13.0. The quantitative estimate of drug-likeness (QED) is 0.228. The van der Waals surface area contributed by atoms with Crippen molar-refractivity contribution < 1.29 is 38.9 Å². The van der Waals surface area contributed by atoms with E-state index in [4.69, 9.17) is 10.2 Å². The second kappa shape index (κ2) is 12.5. The Morgan fingerprint density at radius 1 is 1.07 bits per heavy atom. The van der Waals surface area contributed by atoms with Gasteiger partial charge < -0.3 is 26.0 Å². The molecule has 0 bridgehead atoms. The molecule has 1 aromatic heterocycles. The largest absolute Gasteiger partial charge is 0.481 e. The highest BCUT2D eigenvalue weighted by atomic mass is 32.2. The van der Waals surface area contributed by atoms with Crippen LogP contribution >= 0.6 is 11.8 Å². The molecule has 2 amide bonds. The highest BCUT2D eigenvalue weighted by Crippen LogP contribution is 2.14. The van der Waals surface area contributed by atoms with Crippen LogP contribution in [0.25, 0.3) is 0 Å². The van der Waals surface area contributed by atoms with Crippen molar-refractivity contribution in [2.24, 2.45) is 0 Å². The Balaban J connectivity index is 2.41. The number of carboxylic acid groups (broad SMARTS) is 3. The number of hydrogen-bond acceptors (Lipinski definition) is 6. The van der Waals surface area contributed by atoms with Gasteiger partial charge in [-0.05, 0) is 42.7 Å². The minimum Gasteiger partial charge on any atom is -0.481 e. The minimum atomic E-state index is -1.45. The molecule has 0 saturated carbocycles. The molecule has 2 unspecified atom stereocenters. The van der Waals surface area contributed by atoms with Crippen LogP contribution in [-0.2, 0) is 20.1 Å². The van der Waals surface area contributed by atoms with Crippen molar-refractivity contribution in [1.82, 2.24) is 15.6 Å². The van der Waals surface area contributed by atoms with Gasteiger partial charge in [0.1, 0.15) is 12.1 Å². The SMILES string of the molecule is O=C(O)CCC(NC(=O)NC(CCCSCc1ccnc(F)c1)C(=O)O)C(=O)O. The number of carboxylic acids is 3. The molecule has 0 fully saturated rings. The molecule has 0 aliphatic heterocycles. The van der Waals surface area contributed by atoms with Crippen LogP contribution in [0.3, 0.4) is 0 Å². The predicted octanol–water partition coefficient (Wildman–Crippen LogP) is 1.30. The van der Waals surface area contributed by atoms with E-state index in [-0.39, 0.29) is 12.8 Å². The third-order valence-corrected chi connectivity index (χ3v) is 4.81. The molecule has 160 valence electrons. The van der Waals surface area contributed by atoms with Crippen LogP contribution in [0, 0.1) is 5.95 Å². The molecule has 5 N–H and O–H groups in total. The summed E-state index contributed by atoms with van der Waals surface area (Å²) in [5.74, 6) is -3.40. The standard InChI is InChI=1S/C17H22FN3O7S/c18-13-8-10(5-6-19-13)9-29-7-1-2-11(15(24)25)20-17(28)21-12(16(26)27)3-4-14(22)23/h5-6,8,11-12H,1-4,7,9H2,(H,22,23)(H,24,25)(H,26,27)(H2,20,21,28). The van der Waals surface area contributed by atoms with Crippen LogP contribution in [0.4, 0.5) is 9.18 Å². The van der Waals surface area contributed by atoms with Crippen molar-refractivity contribution in [3.8, 4) is 0 Å². The number of hydrogen-bond donors (Lipinski definition) is 5. The van der Waals surface area contributed by atoms with Gasteiger partial charge in [-0.2, -0.15) is 16.2 Å². The molecule has 29 heavy (non-hydrogen) atoms. The van der Waals surface area contributed by atoms with Crippen LogP contribution in [0.2, 0.25) is 0 Å². The minimum absolute atomic E-state index is 0.104. The second-order valence-corrected chi connectivity index (χ2v) is 7.12. The number of halogens is 1. The number of pyridine rings is 1. The van der Waals surface area contributed by atoms with E-state index in [1.165, 1.54) is 24.0 Å². The van der Waals surface area contributed by atoms with E-state index in [0.717, 1.165) is 5.56 Å². The zero-order chi connectivity index (χ0) is 21.8. The third kappa shape index (κ3) is 10.3. The summed E-state index contributed by atoms with van der Waals surface area (Å²) in [5, 5.41) is 31.1. The Hall–Kier alpha value is -2.89. The molecular formula is C17H22FN3O7S. The van der Waals surface area contributed by atoms with Crippen molar-refractivity contribution in [1.29, 1.82) is 0 Å². The Morgan fingerprint density at radius 2 is 1.69 bits per heavy atom. The lowest BCUT2D eigenvalue weighted by atomic mass is 10.1. The second-order valence-electron chi connectivity index (χ2n) is 6.01. The van der Waals surface area contributed by atoms with Gasteiger partial charge in [0.15, 0.2) is 0 Å². The lowest BCUT2D eigenvalue weighted by Crippen LogP contribution is -2.51. The lowest BCUT2D eigenvalue weighted by molar-refractivity contribution is -0.140. The van der Waals surface area contributed by atoms with E-state index < -0.39 is 48.4 Å². The molecule has 12 heteroatoms. The van der Waals surface area contributed by atoms with Gasteiger partial charge in [-0.3, -0.25) is 4.79 Å². The smallest absolute Gasteiger partial charge is 0.326 e. The number of nitrogens with one attached hydrogen (secondary N) is 2. The Kier molecular flexibility index (Phi) is 10.4. The number of urea groups is 1. The first-order chi connectivity index (χ1) is 13.7. The van der Waals surface area contributed by atoms with Crippen molar-refractivity contribution in [2.75, 3.05) is 5.75 Å². The molecule has 2 atom stereocenters. The van der Waals surface area contributed by atoms with Crippen molar-refractivity contribution >= 4 is 35.7 Å². The average Bonchev–Trinajstić information content (AvgIpc) is 2.63. The van der Waals surface area contributed by atoms with Crippen molar-refractivity contribution in [3.05, 3.63) is 29.8 Å². The van der Waals surface area contributed by atoms with Crippen LogP contribution < -0.4 is 10.6 Å². The van der Waals surface area contributed by atoms with E-state index >= 15 is 0 Å². The summed E-state index contributed by atoms with van der Waals surface area (Å²) in [6, 6.07) is -0.706. The van der Waals surface area contributed by atoms with Crippen LogP contribution in [0.1, 0.15) is 31.2 Å². The molecule has 0 saturated heterocycles. The van der Waals surface area contributed by atoms with Crippen LogP contribution in [0.5, 0.6) is 0 Å². The number of carbonyl (C=O) groups excluding carboxylic acids is 1. The summed E-state index contributed by atoms with van der Waals surface area (Å²) in [7, 11) is 0. The van der Waals surface area contributed by atoms with Gasteiger partial charge in [0.2, 0.25) is 5.95 Å². The van der Waals surface area contributed by atoms with Gasteiger partial charge >= 0.3 is 23.9 Å². The highest BCUT2D eigenvalue weighted by molar-refractivity contribution is 7.98. The van der Waals surface area contributed by atoms with E-state index in [1.807, 2.05) is 0 Å². The molecule has 0 aliphatic rings. The van der Waals surface area contributed by atoms with Gasteiger partial charge in [0.05, 0.1) is 0 Å². The van der Waals surface area contributed by atoms with Gasteiger partial charge in [-0.15, -0.1) is 0 Å². The number of thioether (sulfide) groups is 1. The average molecular weight is 431 g/mol. The number of aliphatic carboxylic acids is 3. The molecule has 0 radical (unpaired) electrons. The first-order valence-electron chi connectivity index (χ1n) is 8.61. The number of rotatable bonds is 13. The first kappa shape index (κ1) is 24.1. The molecule has 0 aliphatic carbocycles. The Labute approximate surface area is 169 Å². The molecular weight excluding hydrogens is 409 g/mol. The predicted molar refractivity (Wildman–Crippen MR) is 101 cm³/mol. The molecule has 1 aromatic rings. The number of carbonyl (C=O) groups is 4. The summed E-state index contributed by atoms with van der Waals surface area (Å²) in [4.78, 5) is 48.2. The molecule has 1 rings (SSSR count). The van der Waals surface area contributed by atoms with Gasteiger partial charge in [0.25, 0.3) is 0 Å². The van der Waals surface area contributed by atoms with Crippen LogP contribution in [-0.4, -0.2) is 62.1 Å². The lowest BCUT2D eigenvalue weighted by Gasteiger charge is -2.18. The Morgan fingerprint density at radius 3 is 2.24 bits per heavy atom. The fourth-order valence-electron chi connectivity index (χ4n) is 2.25. The topological polar surface area (TPSA) is 166 Å². The van der Waals surface area contributed by atoms with Gasteiger partial charge in [0, 0.05) is 18.4 Å². The summed E-state index contributed by atoms with van der Waals surface area (Å²) in [6.45, 7) is 0. The van der Waals surface area contributed by atoms with Crippen molar-refractivity contribution in [2.45, 2.75) is 43.5 Å². The maximum atomic E-state index is 13.0. The van der Waals surface area contributed by atoms with Gasteiger partial charge in [-0.1, -0.05) is 0 Å². The number of nitrogens with zero attached hydrogens (tertiary/aromatic N) is 1. The fraction of sp³-hybridized carbons (Fsp3) is 0.471. The summed E-state index contributed by atoms with van der Waals surface area (Å²) in [5.41, 5.74) is 0.746. The summed E-state index contributed by atoms with van der Waals surface area (Å²) >= 11 is 1.46. The van der Waals surface area contributed by atoms with E-state index in [0.29, 0.717) is 17.9 Å². The monoisotopic (exact) mass is 431 g/mol. The zero-order valence-corrected chi connectivity index (χ0v) is 16.2. The summed E-state index contributed by atoms with van der Waals surface area (Å²) in [6.07, 6.45) is 1.11. The highest BCUT2D eigenvalue weighted by Gasteiger charge is 2.24. The van der Waals surface area contributed by atoms with E-state index in [9.17, 15) is 28.7 Å². The third-order valence-electron chi connectivity index (χ3n) is 3.69. The normalized spacial score (nSPS) is 12.6. The zero-order valence-electron chi connectivity index (χ0n) is 15.3. The van der Waals surface area contributed by atoms with Crippen molar-refractivity contribution in [3.63, 3.8) is 0 Å². The van der Waals surface area contributed by atoms with E-state index in [2.05, 4.69) is 15.6 Å². The van der Waals surface area contributed by atoms with Gasteiger partial charge in [-0.25, -0.2) is 19.4 Å². The molecule has 10 nitrogen and oxygen atoms in total. The first-order valence-corrected chi connectivity index (χ1v) is 9.77. The van der Waals surface area contributed by atoms with E-state index in [1.54, 1.807) is 6.07 Å². The Bertz CT molecular complexity index is 735. The van der Waals surface area contributed by atoms with Crippen LogP contribution in [0.15, 0.2) is 18.3 Å². The molecule has 0 aromatic carbocycles.